The number of ether oxygens (including phenoxy) is 2. The third kappa shape index (κ3) is 1.91. The summed E-state index contributed by atoms with van der Waals surface area (Å²) in [6, 6.07) is 0.418. The summed E-state index contributed by atoms with van der Waals surface area (Å²) in [6.45, 7) is 6.59. The summed E-state index contributed by atoms with van der Waals surface area (Å²) in [4.78, 5) is 5.39. The van der Waals surface area contributed by atoms with Gasteiger partial charge >= 0.3 is 0 Å². The van der Waals surface area contributed by atoms with Gasteiger partial charge in [-0.05, 0) is 6.42 Å². The van der Waals surface area contributed by atoms with Gasteiger partial charge in [0.15, 0.2) is 0 Å². The van der Waals surface area contributed by atoms with E-state index in [4.69, 9.17) is 14.3 Å². The van der Waals surface area contributed by atoms with Crippen molar-refractivity contribution in [2.24, 2.45) is 11.3 Å². The highest BCUT2D eigenvalue weighted by molar-refractivity contribution is 5.10. The molecule has 2 aliphatic rings. The van der Waals surface area contributed by atoms with E-state index in [-0.39, 0.29) is 5.41 Å². The quantitative estimate of drug-likeness (QED) is 0.548. The van der Waals surface area contributed by atoms with E-state index in [9.17, 15) is 0 Å². The van der Waals surface area contributed by atoms with E-state index in [1.807, 2.05) is 0 Å². The van der Waals surface area contributed by atoms with Crippen molar-refractivity contribution in [3.63, 3.8) is 0 Å². The van der Waals surface area contributed by atoms with Crippen LogP contribution in [0.4, 0.5) is 0 Å². The molecule has 3 unspecified atom stereocenters. The number of hydrogen-bond donors (Lipinski definition) is 1. The second-order valence-electron chi connectivity index (χ2n) is 5.00. The minimum atomic E-state index is 0.189. The smallest absolute Gasteiger partial charge is 0.0916 e. The van der Waals surface area contributed by atoms with Crippen molar-refractivity contribution in [2.45, 2.75) is 32.4 Å². The van der Waals surface area contributed by atoms with Crippen molar-refractivity contribution >= 4 is 0 Å². The van der Waals surface area contributed by atoms with Crippen molar-refractivity contribution in [1.82, 2.24) is 5.48 Å². The summed E-state index contributed by atoms with van der Waals surface area (Å²) in [5.74, 6) is 0.627. The van der Waals surface area contributed by atoms with E-state index in [1.165, 1.54) is 0 Å². The second kappa shape index (κ2) is 4.37. The normalized spacial score (nSPS) is 37.4. The number of fused-ring (bicyclic) bond motifs is 1. The molecule has 0 aromatic carbocycles. The molecule has 2 fully saturated rings. The summed E-state index contributed by atoms with van der Waals surface area (Å²) >= 11 is 0. The fraction of sp³-hybridized carbons (Fsp3) is 1.00. The summed E-state index contributed by atoms with van der Waals surface area (Å²) in [5, 5.41) is 0. The van der Waals surface area contributed by atoms with Crippen molar-refractivity contribution in [1.29, 1.82) is 0 Å². The number of hydroxylamine groups is 1. The van der Waals surface area contributed by atoms with Gasteiger partial charge < -0.3 is 9.47 Å². The molecule has 0 aromatic heterocycles. The van der Waals surface area contributed by atoms with Gasteiger partial charge in [-0.2, -0.15) is 5.48 Å². The highest BCUT2D eigenvalue weighted by Gasteiger charge is 2.59. The van der Waals surface area contributed by atoms with Crippen LogP contribution in [0.3, 0.4) is 0 Å². The van der Waals surface area contributed by atoms with Crippen LogP contribution in [0.2, 0.25) is 0 Å². The molecule has 1 aliphatic heterocycles. The fourth-order valence-corrected chi connectivity index (χ4v) is 2.84. The maximum Gasteiger partial charge on any atom is 0.0916 e. The predicted octanol–water partition coefficient (Wildman–Crippen LogP) is 0.967. The molecule has 88 valence electrons. The summed E-state index contributed by atoms with van der Waals surface area (Å²) < 4.78 is 10.6. The summed E-state index contributed by atoms with van der Waals surface area (Å²) in [7, 11) is 1.68. The van der Waals surface area contributed by atoms with Crippen LogP contribution < -0.4 is 5.48 Å². The topological polar surface area (TPSA) is 39.7 Å². The van der Waals surface area contributed by atoms with Gasteiger partial charge in [-0.3, -0.25) is 4.84 Å². The van der Waals surface area contributed by atoms with E-state index < -0.39 is 0 Å². The Balaban J connectivity index is 1.77. The van der Waals surface area contributed by atoms with Crippen LogP contribution in [0.5, 0.6) is 0 Å². The number of hydrogen-bond acceptors (Lipinski definition) is 4. The molecule has 1 heterocycles. The largest absolute Gasteiger partial charge is 0.382 e. The van der Waals surface area contributed by atoms with Crippen molar-refractivity contribution in [3.8, 4) is 0 Å². The molecule has 3 atom stereocenters. The zero-order chi connectivity index (χ0) is 10.9. The molecule has 0 spiro atoms. The standard InChI is InChI=1S/C11H21NO3/c1-11(2)9(12-15-7-6-13-3)8-4-5-14-10(8)11/h8-10,12H,4-7H2,1-3H3. The molecule has 2 rings (SSSR count). The number of nitrogens with one attached hydrogen (secondary N) is 1. The first kappa shape index (κ1) is 11.3. The summed E-state index contributed by atoms with van der Waals surface area (Å²) in [6.07, 6.45) is 1.57. The molecule has 1 saturated heterocycles. The third-order valence-electron chi connectivity index (χ3n) is 3.70. The highest BCUT2D eigenvalue weighted by atomic mass is 16.7. The lowest BCUT2D eigenvalue weighted by Crippen LogP contribution is -2.65. The lowest BCUT2D eigenvalue weighted by atomic mass is 9.58. The highest BCUT2D eigenvalue weighted by Crippen LogP contribution is 2.51. The van der Waals surface area contributed by atoms with Crippen LogP contribution in [-0.4, -0.2) is 39.1 Å². The van der Waals surface area contributed by atoms with E-state index in [1.54, 1.807) is 7.11 Å². The Kier molecular flexibility index (Phi) is 3.30. The van der Waals surface area contributed by atoms with Crippen molar-refractivity contribution in [3.05, 3.63) is 0 Å². The van der Waals surface area contributed by atoms with Crippen LogP contribution in [-0.2, 0) is 14.3 Å². The minimum Gasteiger partial charge on any atom is -0.382 e. The SMILES string of the molecule is COCCONC1C2CCOC2C1(C)C. The number of methoxy groups -OCH3 is 1. The average molecular weight is 215 g/mol. The summed E-state index contributed by atoms with van der Waals surface area (Å²) in [5.41, 5.74) is 3.34. The molecule has 1 saturated carbocycles. The van der Waals surface area contributed by atoms with Crippen LogP contribution in [0.15, 0.2) is 0 Å². The lowest BCUT2D eigenvalue weighted by Gasteiger charge is -2.54. The molecule has 0 amide bonds. The first-order chi connectivity index (χ1) is 7.18. The molecule has 15 heavy (non-hydrogen) atoms. The molecule has 4 heteroatoms. The van der Waals surface area contributed by atoms with Gasteiger partial charge in [0.25, 0.3) is 0 Å². The lowest BCUT2D eigenvalue weighted by molar-refractivity contribution is -0.162. The van der Waals surface area contributed by atoms with Gasteiger partial charge in [0.2, 0.25) is 0 Å². The third-order valence-corrected chi connectivity index (χ3v) is 3.70. The maximum atomic E-state index is 5.70. The maximum absolute atomic E-state index is 5.70. The molecule has 1 aliphatic carbocycles. The van der Waals surface area contributed by atoms with Crippen molar-refractivity contribution in [2.75, 3.05) is 26.9 Å². The molecular formula is C11H21NO3. The Morgan fingerprint density at radius 1 is 1.40 bits per heavy atom. The van der Waals surface area contributed by atoms with Gasteiger partial charge in [0.05, 0.1) is 19.3 Å². The Bertz CT molecular complexity index is 220. The van der Waals surface area contributed by atoms with E-state index >= 15 is 0 Å². The zero-order valence-corrected chi connectivity index (χ0v) is 9.79. The average Bonchev–Trinajstić information content (AvgIpc) is 2.64. The molecule has 0 bridgehead atoms. The van der Waals surface area contributed by atoms with E-state index in [0.29, 0.717) is 31.3 Å². The van der Waals surface area contributed by atoms with Gasteiger partial charge in [0, 0.05) is 31.1 Å². The Morgan fingerprint density at radius 3 is 2.93 bits per heavy atom. The second-order valence-corrected chi connectivity index (χ2v) is 5.00. The molecule has 0 radical (unpaired) electrons. The molecular weight excluding hydrogens is 194 g/mol. The first-order valence-corrected chi connectivity index (χ1v) is 5.66. The monoisotopic (exact) mass is 215 g/mol. The first-order valence-electron chi connectivity index (χ1n) is 5.66. The minimum absolute atomic E-state index is 0.189. The van der Waals surface area contributed by atoms with Crippen LogP contribution in [0, 0.1) is 11.3 Å². The fourth-order valence-electron chi connectivity index (χ4n) is 2.84. The Morgan fingerprint density at radius 2 is 2.20 bits per heavy atom. The Labute approximate surface area is 91.2 Å². The van der Waals surface area contributed by atoms with Gasteiger partial charge in [0.1, 0.15) is 0 Å². The van der Waals surface area contributed by atoms with Crippen LogP contribution >= 0.6 is 0 Å². The Hall–Kier alpha value is -0.160. The van der Waals surface area contributed by atoms with Gasteiger partial charge in [-0.25, -0.2) is 0 Å². The van der Waals surface area contributed by atoms with Crippen molar-refractivity contribution < 1.29 is 14.3 Å². The molecule has 1 N–H and O–H groups in total. The van der Waals surface area contributed by atoms with E-state index in [0.717, 1.165) is 13.0 Å². The predicted molar refractivity (Wildman–Crippen MR) is 56.4 cm³/mol. The molecule has 4 nitrogen and oxygen atoms in total. The van der Waals surface area contributed by atoms with Gasteiger partial charge in [-0.1, -0.05) is 13.8 Å². The van der Waals surface area contributed by atoms with Gasteiger partial charge in [-0.15, -0.1) is 0 Å². The number of rotatable bonds is 5. The zero-order valence-electron chi connectivity index (χ0n) is 9.79. The molecule has 0 aromatic rings. The van der Waals surface area contributed by atoms with Crippen LogP contribution in [0.25, 0.3) is 0 Å². The van der Waals surface area contributed by atoms with Crippen LogP contribution in [0.1, 0.15) is 20.3 Å². The van der Waals surface area contributed by atoms with E-state index in [2.05, 4.69) is 19.3 Å².